The molecule has 0 fully saturated rings. The van der Waals surface area contributed by atoms with Gasteiger partial charge in [-0.15, -0.1) is 0 Å². The molecule has 11 aromatic rings. The van der Waals surface area contributed by atoms with Gasteiger partial charge in [-0.2, -0.15) is 0 Å². The van der Waals surface area contributed by atoms with Crippen LogP contribution in [0.4, 0.5) is 39.8 Å². The third-order valence-corrected chi connectivity index (χ3v) is 25.5. The molecule has 0 unspecified atom stereocenters. The number of anilines is 4. The van der Waals surface area contributed by atoms with Gasteiger partial charge in [-0.25, -0.2) is 0 Å². The van der Waals surface area contributed by atoms with Crippen molar-refractivity contribution in [2.45, 2.75) is 6.92 Å². The molecular formula is C73H62N5P3. The number of allylic oxidation sites excluding steroid dienone is 5. The highest BCUT2D eigenvalue weighted by atomic mass is 31.2. The number of nitrogen functional groups attached to an aromatic ring is 1. The normalized spacial score (nSPS) is 11.9. The molecule has 5 nitrogen and oxygen atoms in total. The molecule has 0 heterocycles. The third-order valence-electron chi connectivity index (χ3n) is 14.3. The zero-order valence-electron chi connectivity index (χ0n) is 45.2. The van der Waals surface area contributed by atoms with Gasteiger partial charge in [0.15, 0.2) is 0 Å². The van der Waals surface area contributed by atoms with Crippen LogP contribution in [0.5, 0.6) is 0 Å². The van der Waals surface area contributed by atoms with Crippen LogP contribution in [0.2, 0.25) is 0 Å². The van der Waals surface area contributed by atoms with E-state index in [4.69, 9.17) is 20.0 Å². The second-order valence-electron chi connectivity index (χ2n) is 19.5. The lowest BCUT2D eigenvalue weighted by atomic mass is 10.1. The van der Waals surface area contributed by atoms with E-state index in [2.05, 4.69) is 322 Å². The Balaban J connectivity index is 1.13. The van der Waals surface area contributed by atoms with Crippen molar-refractivity contribution in [3.63, 3.8) is 0 Å². The predicted octanol–water partition coefficient (Wildman–Crippen LogP) is 17.5. The van der Waals surface area contributed by atoms with Gasteiger partial charge >= 0.3 is 0 Å². The molecule has 0 radical (unpaired) electrons. The van der Waals surface area contributed by atoms with Gasteiger partial charge in [-0.3, -0.25) is 14.2 Å². The maximum Gasteiger partial charge on any atom is 0.0666 e. The second kappa shape index (κ2) is 24.9. The predicted molar refractivity (Wildman–Crippen MR) is 354 cm³/mol. The summed E-state index contributed by atoms with van der Waals surface area (Å²) in [4.78, 5) is 2.27. The second-order valence-corrected chi connectivity index (χ2v) is 28.7. The molecule has 0 spiro atoms. The van der Waals surface area contributed by atoms with E-state index in [9.17, 15) is 0 Å². The highest BCUT2D eigenvalue weighted by Gasteiger charge is 2.31. The van der Waals surface area contributed by atoms with Crippen LogP contribution < -0.4 is 53.1 Å². The van der Waals surface area contributed by atoms with Crippen LogP contribution in [0, 0.1) is 0 Å². The maximum absolute atomic E-state index is 7.11. The molecule has 8 heteroatoms. The average molecular weight is 1100 g/mol. The summed E-state index contributed by atoms with van der Waals surface area (Å²) in [5.41, 5.74) is 12.9. The summed E-state index contributed by atoms with van der Waals surface area (Å²) in [6.45, 7) is 6.14. The molecule has 0 atom stereocenters. The van der Waals surface area contributed by atoms with E-state index in [1.165, 1.54) is 31.8 Å². The van der Waals surface area contributed by atoms with Gasteiger partial charge < -0.3 is 10.6 Å². The Hall–Kier alpha value is -9.07. The van der Waals surface area contributed by atoms with Gasteiger partial charge in [0.25, 0.3) is 0 Å². The molecule has 81 heavy (non-hydrogen) atoms. The van der Waals surface area contributed by atoms with E-state index in [1.807, 2.05) is 24.3 Å². The third kappa shape index (κ3) is 11.3. The Labute approximate surface area is 478 Å². The van der Waals surface area contributed by atoms with Crippen molar-refractivity contribution in [1.82, 2.24) is 0 Å². The smallest absolute Gasteiger partial charge is 0.0666 e. The summed E-state index contributed by atoms with van der Waals surface area (Å²) in [5, 5.41) is 10.5. The molecule has 0 amide bonds. The Kier molecular flexibility index (Phi) is 16.6. The summed E-state index contributed by atoms with van der Waals surface area (Å²) in [6.07, 6.45) is 7.98. The number of hydrogen-bond acceptors (Lipinski definition) is 5. The van der Waals surface area contributed by atoms with Gasteiger partial charge in [-0.1, -0.05) is 274 Å². The summed E-state index contributed by atoms with van der Waals surface area (Å²) < 4.78 is 17.7. The van der Waals surface area contributed by atoms with Crippen molar-refractivity contribution >= 4 is 103 Å². The molecule has 2 N–H and O–H groups in total. The van der Waals surface area contributed by atoms with E-state index in [0.29, 0.717) is 5.69 Å². The molecule has 0 saturated carbocycles. The fraction of sp³-hybridized carbons (Fsp3) is 0.0137. The first-order valence-electron chi connectivity index (χ1n) is 27.1. The standard InChI is InChI=1S/C73H62N5P3/c1-3-4-13-30-58(2)79(66-31-14-5-15-32-66,67-33-16-6-17-34-67)77-62-55-59(74)56-65(57-62)78(63-51-47-60(48-52-63)75-80(68-35-18-7-19-36-68,69-37-20-8-21-38-69)70-39-22-9-23-40-70)64-53-49-61(50-54-64)76-81(71-41-24-10-25-42-71,72-43-26-11-27-44-72)73-45-28-12-29-46-73/h3-57H,1,74H2,2H3/b13-4-,58-30+. The highest BCUT2D eigenvalue weighted by molar-refractivity contribution is 7.88. The van der Waals surface area contributed by atoms with Crippen molar-refractivity contribution in [2.24, 2.45) is 14.2 Å². The lowest BCUT2D eigenvalue weighted by Gasteiger charge is -2.29. The van der Waals surface area contributed by atoms with Crippen LogP contribution in [-0.2, 0) is 0 Å². The minimum absolute atomic E-state index is 0.591. The number of hydrogen-bond donors (Lipinski definition) is 1. The molecule has 11 rings (SSSR count). The van der Waals surface area contributed by atoms with E-state index >= 15 is 0 Å². The molecule has 0 aromatic heterocycles. The lowest BCUT2D eigenvalue weighted by Crippen LogP contribution is -2.25. The van der Waals surface area contributed by atoms with E-state index in [-0.39, 0.29) is 0 Å². The minimum atomic E-state index is -2.67. The monoisotopic (exact) mass is 1100 g/mol. The Morgan fingerprint density at radius 1 is 0.346 bits per heavy atom. The Bertz CT molecular complexity index is 3690. The van der Waals surface area contributed by atoms with Crippen molar-refractivity contribution in [3.05, 3.63) is 346 Å². The molecule has 0 aliphatic rings. The Morgan fingerprint density at radius 3 is 0.963 bits per heavy atom. The van der Waals surface area contributed by atoms with Crippen molar-refractivity contribution in [3.8, 4) is 0 Å². The van der Waals surface area contributed by atoms with Gasteiger partial charge in [0.1, 0.15) is 0 Å². The Morgan fingerprint density at radius 2 is 0.654 bits per heavy atom. The quantitative estimate of drug-likeness (QED) is 0.0561. The zero-order chi connectivity index (χ0) is 55.3. The molecule has 0 aliphatic heterocycles. The SMILES string of the molecule is C=C/C=C\C=C(/C)P(=Nc1cc(N)cc(N(c2ccc(N=P(c3ccccc3)(c3ccccc3)c3ccccc3)cc2)c2ccc(N=P(c3ccccc3)(c3ccccc3)c3ccccc3)cc2)c1)(c1ccccc1)c1ccccc1. The summed E-state index contributed by atoms with van der Waals surface area (Å²) >= 11 is 0. The average Bonchev–Trinajstić information content (AvgIpc) is 3.63. The topological polar surface area (TPSA) is 66.3 Å². The number of benzene rings is 11. The molecule has 0 saturated heterocycles. The van der Waals surface area contributed by atoms with Gasteiger partial charge in [0.2, 0.25) is 0 Å². The van der Waals surface area contributed by atoms with Crippen LogP contribution in [0.1, 0.15) is 6.92 Å². The van der Waals surface area contributed by atoms with Crippen LogP contribution >= 0.6 is 21.2 Å². The van der Waals surface area contributed by atoms with Crippen molar-refractivity contribution < 1.29 is 0 Å². The minimum Gasteiger partial charge on any atom is -0.399 e. The van der Waals surface area contributed by atoms with Gasteiger partial charge in [-0.05, 0) is 79.0 Å². The first-order valence-corrected chi connectivity index (χ1v) is 32.3. The number of nitrogens with zero attached hydrogens (tertiary/aromatic N) is 4. The van der Waals surface area contributed by atoms with Crippen LogP contribution in [0.15, 0.2) is 360 Å². The summed E-state index contributed by atoms with van der Waals surface area (Å²) in [6, 6.07) is 109. The number of rotatable bonds is 17. The molecule has 0 bridgehead atoms. The van der Waals surface area contributed by atoms with Gasteiger partial charge in [0.05, 0.1) is 43.9 Å². The zero-order valence-corrected chi connectivity index (χ0v) is 47.9. The van der Waals surface area contributed by atoms with Crippen LogP contribution in [0.25, 0.3) is 0 Å². The first-order chi connectivity index (χ1) is 39.9. The molecule has 11 aromatic carbocycles. The molecular weight excluding hydrogens is 1040 g/mol. The highest BCUT2D eigenvalue weighted by Crippen LogP contribution is 2.58. The van der Waals surface area contributed by atoms with Crippen LogP contribution in [-0.4, -0.2) is 0 Å². The lowest BCUT2D eigenvalue weighted by molar-refractivity contribution is 1.28. The van der Waals surface area contributed by atoms with Crippen LogP contribution in [0.3, 0.4) is 0 Å². The molecule has 394 valence electrons. The summed E-state index contributed by atoms with van der Waals surface area (Å²) in [5.74, 6) is 0. The van der Waals surface area contributed by atoms with E-state index < -0.39 is 21.2 Å². The number of nitrogens with two attached hydrogens (primary N) is 1. The maximum atomic E-state index is 7.11. The summed E-state index contributed by atoms with van der Waals surface area (Å²) in [7, 11) is -7.78. The first kappa shape index (κ1) is 53.9. The van der Waals surface area contributed by atoms with Gasteiger partial charge in [0, 0.05) is 59.5 Å². The van der Waals surface area contributed by atoms with E-state index in [0.717, 1.165) is 50.0 Å². The van der Waals surface area contributed by atoms with Crippen molar-refractivity contribution in [2.75, 3.05) is 10.6 Å². The largest absolute Gasteiger partial charge is 0.399 e. The fourth-order valence-electron chi connectivity index (χ4n) is 10.6. The van der Waals surface area contributed by atoms with E-state index in [1.54, 1.807) is 6.08 Å². The molecule has 0 aliphatic carbocycles. The van der Waals surface area contributed by atoms with Crippen molar-refractivity contribution in [1.29, 1.82) is 0 Å². The fourth-order valence-corrected chi connectivity index (χ4v) is 21.2.